The van der Waals surface area contributed by atoms with Crippen molar-refractivity contribution < 1.29 is 13.6 Å². The molecule has 100 valence electrons. The first kappa shape index (κ1) is 14.8. The van der Waals surface area contributed by atoms with Gasteiger partial charge in [-0.2, -0.15) is 0 Å². The number of halogens is 2. The van der Waals surface area contributed by atoms with E-state index in [1.807, 2.05) is 13.8 Å². The molecule has 3 heteroatoms. The smallest absolute Gasteiger partial charge is 0.168 e. The number of carbonyl (C=O) groups is 1. The first-order valence-corrected chi connectivity index (χ1v) is 6.51. The van der Waals surface area contributed by atoms with E-state index in [1.165, 1.54) is 6.07 Å². The summed E-state index contributed by atoms with van der Waals surface area (Å²) in [5.74, 6) is -1.70. The maximum Gasteiger partial charge on any atom is 0.168 e. The van der Waals surface area contributed by atoms with Gasteiger partial charge in [0, 0.05) is 12.0 Å². The minimum atomic E-state index is -0.750. The van der Waals surface area contributed by atoms with Crippen molar-refractivity contribution in [2.24, 2.45) is 5.92 Å². The lowest BCUT2D eigenvalue weighted by molar-refractivity contribution is 0.0900. The first-order chi connectivity index (χ1) is 8.51. The van der Waals surface area contributed by atoms with Gasteiger partial charge >= 0.3 is 0 Å². The Morgan fingerprint density at radius 2 is 1.67 bits per heavy atom. The molecule has 0 spiro atoms. The Labute approximate surface area is 107 Å². The molecule has 0 N–H and O–H groups in total. The van der Waals surface area contributed by atoms with Crippen molar-refractivity contribution in [2.45, 2.75) is 46.5 Å². The topological polar surface area (TPSA) is 17.1 Å². The highest BCUT2D eigenvalue weighted by molar-refractivity contribution is 5.98. The van der Waals surface area contributed by atoms with E-state index >= 15 is 0 Å². The number of carbonyl (C=O) groups excluding carboxylic acids is 1. The number of ketones is 1. The Balaban J connectivity index is 3.04. The van der Waals surface area contributed by atoms with Crippen LogP contribution in [0.1, 0.15) is 55.5 Å². The average Bonchev–Trinajstić information content (AvgIpc) is 2.33. The molecule has 0 atom stereocenters. The second-order valence-electron chi connectivity index (χ2n) is 4.72. The van der Waals surface area contributed by atoms with E-state index in [-0.39, 0.29) is 17.3 Å². The normalized spacial score (nSPS) is 11.0. The molecule has 18 heavy (non-hydrogen) atoms. The van der Waals surface area contributed by atoms with Crippen LogP contribution in [0, 0.1) is 24.5 Å². The standard InChI is InChI=1S/C15H20F2O/c1-4-6-11(7-5-2)15(18)12-8-10(3)13(16)9-14(12)17/h8-9,11H,4-7H2,1-3H3. The minimum Gasteiger partial charge on any atom is -0.294 e. The van der Waals surface area contributed by atoms with Gasteiger partial charge in [-0.3, -0.25) is 4.79 Å². The third-order valence-electron chi connectivity index (χ3n) is 3.16. The van der Waals surface area contributed by atoms with E-state index in [9.17, 15) is 13.6 Å². The highest BCUT2D eigenvalue weighted by Crippen LogP contribution is 2.23. The number of rotatable bonds is 6. The third kappa shape index (κ3) is 3.37. The van der Waals surface area contributed by atoms with Gasteiger partial charge in [0.2, 0.25) is 0 Å². The zero-order valence-corrected chi connectivity index (χ0v) is 11.2. The molecule has 0 unspecified atom stereocenters. The SMILES string of the molecule is CCCC(CCC)C(=O)c1cc(C)c(F)cc1F. The van der Waals surface area contributed by atoms with Gasteiger partial charge in [-0.1, -0.05) is 26.7 Å². The molecule has 1 aromatic carbocycles. The molecule has 0 aliphatic rings. The number of hydrogen-bond donors (Lipinski definition) is 0. The molecule has 1 nitrogen and oxygen atoms in total. The summed E-state index contributed by atoms with van der Waals surface area (Å²) in [7, 11) is 0. The second-order valence-corrected chi connectivity index (χ2v) is 4.72. The van der Waals surface area contributed by atoms with E-state index in [0.29, 0.717) is 5.56 Å². The number of aryl methyl sites for hydroxylation is 1. The zero-order valence-electron chi connectivity index (χ0n) is 11.2. The third-order valence-corrected chi connectivity index (χ3v) is 3.16. The lowest BCUT2D eigenvalue weighted by atomic mass is 9.89. The van der Waals surface area contributed by atoms with Crippen molar-refractivity contribution in [1.29, 1.82) is 0 Å². The van der Waals surface area contributed by atoms with Gasteiger partial charge in [-0.05, 0) is 31.4 Å². The highest BCUT2D eigenvalue weighted by Gasteiger charge is 2.22. The van der Waals surface area contributed by atoms with E-state index in [0.717, 1.165) is 31.7 Å². The van der Waals surface area contributed by atoms with Crippen molar-refractivity contribution in [2.75, 3.05) is 0 Å². The molecule has 0 aliphatic carbocycles. The molecule has 0 aromatic heterocycles. The van der Waals surface area contributed by atoms with E-state index in [1.54, 1.807) is 6.92 Å². The minimum absolute atomic E-state index is 0.0285. The largest absolute Gasteiger partial charge is 0.294 e. The molecule has 1 aromatic rings. The van der Waals surface area contributed by atoms with E-state index in [4.69, 9.17) is 0 Å². The van der Waals surface area contributed by atoms with Crippen molar-refractivity contribution in [3.8, 4) is 0 Å². The lowest BCUT2D eigenvalue weighted by Crippen LogP contribution is -2.16. The van der Waals surface area contributed by atoms with Crippen LogP contribution in [0.5, 0.6) is 0 Å². The van der Waals surface area contributed by atoms with Gasteiger partial charge in [-0.25, -0.2) is 8.78 Å². The second kappa shape index (κ2) is 6.62. The summed E-state index contributed by atoms with van der Waals surface area (Å²) in [6.07, 6.45) is 3.28. The molecular formula is C15H20F2O. The van der Waals surface area contributed by atoms with Gasteiger partial charge < -0.3 is 0 Å². The van der Waals surface area contributed by atoms with Crippen LogP contribution in [0.2, 0.25) is 0 Å². The molecule has 0 radical (unpaired) electrons. The zero-order chi connectivity index (χ0) is 13.7. The fraction of sp³-hybridized carbons (Fsp3) is 0.533. The van der Waals surface area contributed by atoms with Crippen LogP contribution in [0.15, 0.2) is 12.1 Å². The summed E-state index contributed by atoms with van der Waals surface area (Å²) in [5.41, 5.74) is 0.340. The molecule has 0 saturated carbocycles. The lowest BCUT2D eigenvalue weighted by Gasteiger charge is -2.15. The van der Waals surface area contributed by atoms with Crippen molar-refractivity contribution in [1.82, 2.24) is 0 Å². The first-order valence-electron chi connectivity index (χ1n) is 6.51. The van der Waals surface area contributed by atoms with Gasteiger partial charge in [0.15, 0.2) is 5.78 Å². The van der Waals surface area contributed by atoms with E-state index < -0.39 is 11.6 Å². The fourth-order valence-electron chi connectivity index (χ4n) is 2.17. The van der Waals surface area contributed by atoms with Crippen LogP contribution < -0.4 is 0 Å². The monoisotopic (exact) mass is 254 g/mol. The Kier molecular flexibility index (Phi) is 5.45. The molecule has 0 fully saturated rings. The molecule has 0 heterocycles. The summed E-state index contributed by atoms with van der Waals surface area (Å²) < 4.78 is 26.8. The van der Waals surface area contributed by atoms with Crippen molar-refractivity contribution >= 4 is 5.78 Å². The van der Waals surface area contributed by atoms with Crippen LogP contribution in [0.3, 0.4) is 0 Å². The van der Waals surface area contributed by atoms with Crippen LogP contribution in [0.25, 0.3) is 0 Å². The maximum absolute atomic E-state index is 13.7. The van der Waals surface area contributed by atoms with Crippen LogP contribution in [-0.2, 0) is 0 Å². The highest BCUT2D eigenvalue weighted by atomic mass is 19.1. The molecule has 1 rings (SSSR count). The van der Waals surface area contributed by atoms with Crippen LogP contribution in [-0.4, -0.2) is 5.78 Å². The van der Waals surface area contributed by atoms with Crippen molar-refractivity contribution in [3.05, 3.63) is 34.9 Å². The van der Waals surface area contributed by atoms with Crippen LogP contribution >= 0.6 is 0 Å². The Morgan fingerprint density at radius 3 is 2.17 bits per heavy atom. The Morgan fingerprint density at radius 1 is 1.11 bits per heavy atom. The Hall–Kier alpha value is -1.25. The summed E-state index contributed by atoms with van der Waals surface area (Å²) >= 11 is 0. The molecular weight excluding hydrogens is 234 g/mol. The number of hydrogen-bond acceptors (Lipinski definition) is 1. The summed E-state index contributed by atoms with van der Waals surface area (Å²) in [6.45, 7) is 5.55. The van der Waals surface area contributed by atoms with Gasteiger partial charge in [-0.15, -0.1) is 0 Å². The fourth-order valence-corrected chi connectivity index (χ4v) is 2.17. The quantitative estimate of drug-likeness (QED) is 0.674. The molecule has 0 amide bonds. The summed E-state index contributed by atoms with van der Waals surface area (Å²) in [5, 5.41) is 0. The average molecular weight is 254 g/mol. The molecule has 0 aliphatic heterocycles. The van der Waals surface area contributed by atoms with Gasteiger partial charge in [0.1, 0.15) is 11.6 Å². The molecule has 0 bridgehead atoms. The summed E-state index contributed by atoms with van der Waals surface area (Å²) in [4.78, 5) is 12.2. The predicted molar refractivity (Wildman–Crippen MR) is 68.7 cm³/mol. The maximum atomic E-state index is 13.7. The summed E-state index contributed by atoms with van der Waals surface area (Å²) in [6, 6.07) is 2.13. The van der Waals surface area contributed by atoms with Crippen molar-refractivity contribution in [3.63, 3.8) is 0 Å². The number of Topliss-reactive ketones (excluding diaryl/α,β-unsaturated/α-hetero) is 1. The van der Waals surface area contributed by atoms with Crippen LogP contribution in [0.4, 0.5) is 8.78 Å². The van der Waals surface area contributed by atoms with E-state index in [2.05, 4.69) is 0 Å². The van der Waals surface area contributed by atoms with Gasteiger partial charge in [0.25, 0.3) is 0 Å². The predicted octanol–water partition coefficient (Wildman–Crippen LogP) is 4.67. The van der Waals surface area contributed by atoms with Gasteiger partial charge in [0.05, 0.1) is 5.56 Å². The number of benzene rings is 1. The molecule has 0 saturated heterocycles. The Bertz CT molecular complexity index is 421.